The van der Waals surface area contributed by atoms with Gasteiger partial charge in [-0.3, -0.25) is 4.79 Å². The molecule has 1 aromatic rings. The largest absolute Gasteiger partial charge is 0.468 e. The van der Waals surface area contributed by atoms with Gasteiger partial charge in [0, 0.05) is 12.2 Å². The second kappa shape index (κ2) is 6.10. The van der Waals surface area contributed by atoms with Crippen molar-refractivity contribution in [1.82, 2.24) is 4.98 Å². The van der Waals surface area contributed by atoms with E-state index in [-0.39, 0.29) is 12.5 Å². The third-order valence-corrected chi connectivity index (χ3v) is 2.24. The van der Waals surface area contributed by atoms with E-state index in [1.807, 2.05) is 30.0 Å². The SMILES string of the molecule is CCCN(CC(=O)OC)c1cccc(C)n1. The minimum atomic E-state index is -0.239. The zero-order valence-electron chi connectivity index (χ0n) is 10.1. The number of hydrogen-bond donors (Lipinski definition) is 0. The van der Waals surface area contributed by atoms with Crippen molar-refractivity contribution in [2.45, 2.75) is 20.3 Å². The quantitative estimate of drug-likeness (QED) is 0.712. The van der Waals surface area contributed by atoms with Crippen LogP contribution in [0.25, 0.3) is 0 Å². The first kappa shape index (κ1) is 12.5. The number of esters is 1. The van der Waals surface area contributed by atoms with Gasteiger partial charge in [-0.1, -0.05) is 13.0 Å². The third kappa shape index (κ3) is 3.53. The number of rotatable bonds is 5. The van der Waals surface area contributed by atoms with E-state index >= 15 is 0 Å². The molecule has 0 bridgehead atoms. The smallest absolute Gasteiger partial charge is 0.325 e. The summed E-state index contributed by atoms with van der Waals surface area (Å²) in [6.45, 7) is 5.05. The van der Waals surface area contributed by atoms with Crippen LogP contribution in [-0.4, -0.2) is 31.2 Å². The van der Waals surface area contributed by atoms with E-state index in [1.54, 1.807) is 0 Å². The summed E-state index contributed by atoms with van der Waals surface area (Å²) in [7, 11) is 1.40. The highest BCUT2D eigenvalue weighted by Crippen LogP contribution is 2.11. The van der Waals surface area contributed by atoms with Crippen molar-refractivity contribution in [3.8, 4) is 0 Å². The van der Waals surface area contributed by atoms with Gasteiger partial charge in [-0.05, 0) is 25.5 Å². The van der Waals surface area contributed by atoms with Crippen LogP contribution in [0.5, 0.6) is 0 Å². The van der Waals surface area contributed by atoms with E-state index < -0.39 is 0 Å². The second-order valence-electron chi connectivity index (χ2n) is 3.63. The Morgan fingerprint density at radius 1 is 1.50 bits per heavy atom. The molecule has 0 radical (unpaired) electrons. The van der Waals surface area contributed by atoms with E-state index in [9.17, 15) is 4.79 Å². The predicted molar refractivity (Wildman–Crippen MR) is 63.5 cm³/mol. The lowest BCUT2D eigenvalue weighted by Crippen LogP contribution is -2.31. The minimum Gasteiger partial charge on any atom is -0.468 e. The number of anilines is 1. The van der Waals surface area contributed by atoms with E-state index in [2.05, 4.69) is 16.6 Å². The van der Waals surface area contributed by atoms with Crippen molar-refractivity contribution >= 4 is 11.8 Å². The topological polar surface area (TPSA) is 42.4 Å². The van der Waals surface area contributed by atoms with Gasteiger partial charge in [0.05, 0.1) is 7.11 Å². The fourth-order valence-electron chi connectivity index (χ4n) is 1.47. The fraction of sp³-hybridized carbons (Fsp3) is 0.500. The molecule has 0 aliphatic rings. The maximum absolute atomic E-state index is 11.3. The Hall–Kier alpha value is -1.58. The van der Waals surface area contributed by atoms with Gasteiger partial charge in [-0.15, -0.1) is 0 Å². The molecule has 4 heteroatoms. The number of hydrogen-bond acceptors (Lipinski definition) is 4. The highest BCUT2D eigenvalue weighted by Gasteiger charge is 2.11. The molecule has 0 saturated carbocycles. The molecule has 16 heavy (non-hydrogen) atoms. The molecule has 0 aliphatic heterocycles. The molecule has 0 spiro atoms. The molecule has 0 aliphatic carbocycles. The Bertz CT molecular complexity index is 353. The first-order chi connectivity index (χ1) is 7.67. The Kier molecular flexibility index (Phi) is 4.76. The molecule has 0 unspecified atom stereocenters. The number of aromatic nitrogens is 1. The normalized spacial score (nSPS) is 9.94. The third-order valence-electron chi connectivity index (χ3n) is 2.24. The molecular formula is C12H18N2O2. The maximum Gasteiger partial charge on any atom is 0.325 e. The Balaban J connectivity index is 2.80. The summed E-state index contributed by atoms with van der Waals surface area (Å²) in [6, 6.07) is 5.79. The van der Waals surface area contributed by atoms with E-state index in [0.717, 1.165) is 24.5 Å². The van der Waals surface area contributed by atoms with Crippen molar-refractivity contribution < 1.29 is 9.53 Å². The zero-order chi connectivity index (χ0) is 12.0. The highest BCUT2D eigenvalue weighted by molar-refractivity contribution is 5.75. The summed E-state index contributed by atoms with van der Waals surface area (Å²) in [4.78, 5) is 17.6. The van der Waals surface area contributed by atoms with Crippen LogP contribution in [0, 0.1) is 6.92 Å². The molecule has 0 aromatic carbocycles. The van der Waals surface area contributed by atoms with E-state index in [0.29, 0.717) is 0 Å². The molecule has 4 nitrogen and oxygen atoms in total. The molecule has 0 amide bonds. The lowest BCUT2D eigenvalue weighted by molar-refractivity contribution is -0.138. The van der Waals surface area contributed by atoms with E-state index in [1.165, 1.54) is 7.11 Å². The maximum atomic E-state index is 11.3. The summed E-state index contributed by atoms with van der Waals surface area (Å²) < 4.78 is 4.67. The molecule has 88 valence electrons. The second-order valence-corrected chi connectivity index (χ2v) is 3.63. The van der Waals surface area contributed by atoms with Crippen molar-refractivity contribution in [2.24, 2.45) is 0 Å². The van der Waals surface area contributed by atoms with Crippen LogP contribution in [0.15, 0.2) is 18.2 Å². The van der Waals surface area contributed by atoms with Crippen LogP contribution >= 0.6 is 0 Å². The standard InChI is InChI=1S/C12H18N2O2/c1-4-8-14(9-12(15)16-3)11-7-5-6-10(2)13-11/h5-7H,4,8-9H2,1-3H3. The van der Waals surface area contributed by atoms with Gasteiger partial charge in [0.25, 0.3) is 0 Å². The summed E-state index contributed by atoms with van der Waals surface area (Å²) in [5.74, 6) is 0.587. The first-order valence-corrected chi connectivity index (χ1v) is 5.42. The molecule has 0 saturated heterocycles. The molecule has 0 atom stereocenters. The van der Waals surface area contributed by atoms with E-state index in [4.69, 9.17) is 0 Å². The fourth-order valence-corrected chi connectivity index (χ4v) is 1.47. The summed E-state index contributed by atoms with van der Waals surface area (Å²) >= 11 is 0. The van der Waals surface area contributed by atoms with Crippen LogP contribution in [-0.2, 0) is 9.53 Å². The summed E-state index contributed by atoms with van der Waals surface area (Å²) in [5, 5.41) is 0. The zero-order valence-corrected chi connectivity index (χ0v) is 10.1. The number of carbonyl (C=O) groups excluding carboxylic acids is 1. The molecule has 1 rings (SSSR count). The number of pyridine rings is 1. The Morgan fingerprint density at radius 3 is 2.81 bits per heavy atom. The van der Waals surface area contributed by atoms with Gasteiger partial charge in [-0.2, -0.15) is 0 Å². The number of carbonyl (C=O) groups is 1. The van der Waals surface area contributed by atoms with Crippen molar-refractivity contribution in [2.75, 3.05) is 25.1 Å². The average molecular weight is 222 g/mol. The van der Waals surface area contributed by atoms with Gasteiger partial charge in [0.2, 0.25) is 0 Å². The lowest BCUT2D eigenvalue weighted by Gasteiger charge is -2.21. The first-order valence-electron chi connectivity index (χ1n) is 5.42. The molecule has 1 heterocycles. The van der Waals surface area contributed by atoms with Gasteiger partial charge in [0.1, 0.15) is 12.4 Å². The highest BCUT2D eigenvalue weighted by atomic mass is 16.5. The number of aryl methyl sites for hydroxylation is 1. The molecular weight excluding hydrogens is 204 g/mol. The van der Waals surface area contributed by atoms with Crippen molar-refractivity contribution in [1.29, 1.82) is 0 Å². The number of ether oxygens (including phenoxy) is 1. The van der Waals surface area contributed by atoms with Gasteiger partial charge in [0.15, 0.2) is 0 Å². The molecule has 0 N–H and O–H groups in total. The van der Waals surface area contributed by atoms with Crippen LogP contribution in [0.3, 0.4) is 0 Å². The van der Waals surface area contributed by atoms with Gasteiger partial charge in [-0.25, -0.2) is 4.98 Å². The number of nitrogens with zero attached hydrogens (tertiary/aromatic N) is 2. The summed E-state index contributed by atoms with van der Waals surface area (Å²) in [5.41, 5.74) is 0.948. The van der Waals surface area contributed by atoms with Crippen LogP contribution < -0.4 is 4.90 Å². The lowest BCUT2D eigenvalue weighted by atomic mass is 10.3. The Labute approximate surface area is 96.2 Å². The monoisotopic (exact) mass is 222 g/mol. The summed E-state index contributed by atoms with van der Waals surface area (Å²) in [6.07, 6.45) is 0.965. The van der Waals surface area contributed by atoms with Crippen molar-refractivity contribution in [3.05, 3.63) is 23.9 Å². The van der Waals surface area contributed by atoms with Gasteiger partial charge >= 0.3 is 5.97 Å². The van der Waals surface area contributed by atoms with Gasteiger partial charge < -0.3 is 9.64 Å². The van der Waals surface area contributed by atoms with Crippen LogP contribution in [0.2, 0.25) is 0 Å². The molecule has 1 aromatic heterocycles. The molecule has 0 fully saturated rings. The van der Waals surface area contributed by atoms with Crippen LogP contribution in [0.1, 0.15) is 19.0 Å². The van der Waals surface area contributed by atoms with Crippen LogP contribution in [0.4, 0.5) is 5.82 Å². The number of methoxy groups -OCH3 is 1. The van der Waals surface area contributed by atoms with Crippen molar-refractivity contribution in [3.63, 3.8) is 0 Å². The average Bonchev–Trinajstić information content (AvgIpc) is 2.28. The minimum absolute atomic E-state index is 0.239. The Morgan fingerprint density at radius 2 is 2.25 bits per heavy atom. The predicted octanol–water partition coefficient (Wildman–Crippen LogP) is 1.78.